The van der Waals surface area contributed by atoms with Crippen molar-refractivity contribution < 1.29 is 39.4 Å². The minimum atomic E-state index is -1.52. The van der Waals surface area contributed by atoms with E-state index in [0.29, 0.717) is 0 Å². The molecule has 5 saturated heterocycles. The second-order valence-electron chi connectivity index (χ2n) is 11.1. The second kappa shape index (κ2) is 8.16. The molecule has 1 aliphatic carbocycles. The summed E-state index contributed by atoms with van der Waals surface area (Å²) in [5.41, 5.74) is 3.57. The minimum absolute atomic E-state index is 0.0495. The van der Waals surface area contributed by atoms with Gasteiger partial charge in [-0.05, 0) is 42.9 Å². The average Bonchev–Trinajstić information content (AvgIpc) is 3.36. The van der Waals surface area contributed by atoms with E-state index in [1.807, 2.05) is 31.2 Å². The van der Waals surface area contributed by atoms with Crippen LogP contribution in [0, 0.1) is 11.8 Å². The lowest BCUT2D eigenvalue weighted by molar-refractivity contribution is -0.328. The van der Waals surface area contributed by atoms with Gasteiger partial charge in [0.25, 0.3) is 0 Å². The Morgan fingerprint density at radius 2 is 2.03 bits per heavy atom. The highest BCUT2D eigenvalue weighted by atomic mass is 16.7. The van der Waals surface area contributed by atoms with Gasteiger partial charge in [-0.3, -0.25) is 14.7 Å². The molecule has 8 rings (SSSR count). The van der Waals surface area contributed by atoms with E-state index in [2.05, 4.69) is 11.0 Å². The molecule has 10 heteroatoms. The highest BCUT2D eigenvalue weighted by molar-refractivity contribution is 6.08. The van der Waals surface area contributed by atoms with E-state index in [1.165, 1.54) is 6.92 Å². The van der Waals surface area contributed by atoms with Crippen molar-refractivity contribution in [3.8, 4) is 0 Å². The number of aliphatic hydroxyl groups is 4. The highest BCUT2D eigenvalue weighted by Crippen LogP contribution is 2.67. The number of piperidine rings is 4. The predicted molar refractivity (Wildman–Crippen MR) is 129 cm³/mol. The number of para-hydroxylation sites is 1. The predicted octanol–water partition coefficient (Wildman–Crippen LogP) is 0.137. The normalized spacial score (nSPS) is 49.7. The number of benzene rings is 1. The Morgan fingerprint density at radius 1 is 1.24 bits per heavy atom. The van der Waals surface area contributed by atoms with Crippen LogP contribution in [0.2, 0.25) is 0 Å². The van der Waals surface area contributed by atoms with Crippen molar-refractivity contribution in [1.82, 2.24) is 4.90 Å². The first-order chi connectivity index (χ1) is 17.8. The van der Waals surface area contributed by atoms with E-state index in [9.17, 15) is 25.2 Å². The van der Waals surface area contributed by atoms with Crippen molar-refractivity contribution in [2.45, 2.75) is 87.2 Å². The van der Waals surface area contributed by atoms with Gasteiger partial charge in [-0.25, -0.2) is 0 Å². The molecule has 13 atom stereocenters. The van der Waals surface area contributed by atoms with Crippen LogP contribution < -0.4 is 0 Å². The Kier molecular flexibility index (Phi) is 5.27. The summed E-state index contributed by atoms with van der Waals surface area (Å²) >= 11 is 0. The number of hydrogen-bond donors (Lipinski definition) is 4. The van der Waals surface area contributed by atoms with Crippen molar-refractivity contribution >= 4 is 17.4 Å². The van der Waals surface area contributed by atoms with Gasteiger partial charge in [0.15, 0.2) is 6.29 Å². The molecule has 0 radical (unpaired) electrons. The fourth-order valence-corrected chi connectivity index (χ4v) is 8.32. The lowest BCUT2D eigenvalue weighted by atomic mass is 9.66. The number of allylic oxidation sites excluding steroid dienone is 1. The molecule has 4 N–H and O–H groups in total. The molecular formula is C27H32N2O8. The Balaban J connectivity index is 1.30. The molecule has 7 aliphatic rings. The number of carbonyl (C=O) groups is 1. The van der Waals surface area contributed by atoms with Crippen molar-refractivity contribution in [2.75, 3.05) is 6.61 Å². The average molecular weight is 513 g/mol. The number of hydrogen-bond acceptors (Lipinski definition) is 10. The molecule has 5 bridgehead atoms. The van der Waals surface area contributed by atoms with Crippen LogP contribution >= 0.6 is 0 Å². The Morgan fingerprint density at radius 3 is 2.76 bits per heavy atom. The Hall–Kier alpha value is -2.18. The third kappa shape index (κ3) is 2.95. The number of esters is 1. The molecule has 1 aromatic rings. The maximum atomic E-state index is 12.4. The Labute approximate surface area is 214 Å². The van der Waals surface area contributed by atoms with Crippen LogP contribution in [0.25, 0.3) is 0 Å². The summed E-state index contributed by atoms with van der Waals surface area (Å²) in [5, 5.41) is 40.9. The van der Waals surface area contributed by atoms with Gasteiger partial charge in [0.05, 0.1) is 29.5 Å². The van der Waals surface area contributed by atoms with E-state index in [-0.39, 0.29) is 36.0 Å². The molecule has 6 heterocycles. The summed E-state index contributed by atoms with van der Waals surface area (Å²) in [6, 6.07) is 8.10. The molecule has 0 aromatic heterocycles. The largest absolute Gasteiger partial charge is 0.461 e. The van der Waals surface area contributed by atoms with Gasteiger partial charge in [0.1, 0.15) is 36.7 Å². The monoisotopic (exact) mass is 512 g/mol. The van der Waals surface area contributed by atoms with E-state index in [1.54, 1.807) is 0 Å². The molecule has 1 saturated carbocycles. The van der Waals surface area contributed by atoms with Crippen LogP contribution in [-0.2, 0) is 24.4 Å². The van der Waals surface area contributed by atoms with Crippen molar-refractivity contribution in [3.05, 3.63) is 41.5 Å². The molecule has 0 amide bonds. The standard InChI is InChI=1S/C27H32N2O8/c1-3-12-13-8-16-23-27(14-6-4-5-7-15(14)28-23)9-17(19(13)24(27)35-11(2)31)29(16)25(12)37-26-22(34)21(33)20(32)18(10-30)36-26/h3-7,13,16-22,24-26,30,32-34H,8-10H2,1-2H3/b12-3+/t13-,16-,17-,18+,19+,20+,21-,22+,24+,25+,26-,27+/m0/s1. The quantitative estimate of drug-likeness (QED) is 0.327. The van der Waals surface area contributed by atoms with E-state index >= 15 is 0 Å². The van der Waals surface area contributed by atoms with Gasteiger partial charge in [-0.15, -0.1) is 0 Å². The first-order valence-corrected chi connectivity index (χ1v) is 13.1. The number of aliphatic imine (C=N–C) groups is 1. The third-order valence-electron chi connectivity index (χ3n) is 9.62. The van der Waals surface area contributed by atoms with Crippen molar-refractivity contribution in [1.29, 1.82) is 0 Å². The number of aliphatic hydroxyl groups excluding tert-OH is 4. The van der Waals surface area contributed by atoms with E-state index in [0.717, 1.165) is 35.4 Å². The molecular weight excluding hydrogens is 480 g/mol. The first kappa shape index (κ1) is 23.9. The zero-order chi connectivity index (χ0) is 25.8. The molecule has 37 heavy (non-hydrogen) atoms. The number of carbonyl (C=O) groups excluding carboxylic acids is 1. The van der Waals surface area contributed by atoms with Crippen LogP contribution in [0.3, 0.4) is 0 Å². The van der Waals surface area contributed by atoms with Gasteiger partial charge >= 0.3 is 5.97 Å². The number of fused-ring (bicyclic) bond motifs is 2. The van der Waals surface area contributed by atoms with Gasteiger partial charge < -0.3 is 34.6 Å². The zero-order valence-electron chi connectivity index (χ0n) is 20.7. The minimum Gasteiger partial charge on any atom is -0.461 e. The summed E-state index contributed by atoms with van der Waals surface area (Å²) in [6.07, 6.45) is -4.07. The maximum absolute atomic E-state index is 12.4. The first-order valence-electron chi connectivity index (χ1n) is 13.1. The van der Waals surface area contributed by atoms with Crippen LogP contribution in [0.4, 0.5) is 5.69 Å². The number of rotatable bonds is 4. The second-order valence-corrected chi connectivity index (χ2v) is 11.1. The topological polar surface area (TPSA) is 141 Å². The number of ether oxygens (including phenoxy) is 3. The maximum Gasteiger partial charge on any atom is 0.302 e. The van der Waals surface area contributed by atoms with E-state index < -0.39 is 49.0 Å². The molecule has 1 unspecified atom stereocenters. The van der Waals surface area contributed by atoms with Crippen molar-refractivity contribution in [3.63, 3.8) is 0 Å². The smallest absolute Gasteiger partial charge is 0.302 e. The third-order valence-corrected chi connectivity index (χ3v) is 9.62. The van der Waals surface area contributed by atoms with Gasteiger partial charge in [0, 0.05) is 18.9 Å². The summed E-state index contributed by atoms with van der Waals surface area (Å²) in [4.78, 5) is 19.8. The lowest BCUT2D eigenvalue weighted by Gasteiger charge is -2.59. The lowest BCUT2D eigenvalue weighted by Crippen LogP contribution is -2.70. The van der Waals surface area contributed by atoms with Gasteiger partial charge in [0.2, 0.25) is 0 Å². The summed E-state index contributed by atoms with van der Waals surface area (Å²) in [7, 11) is 0. The summed E-state index contributed by atoms with van der Waals surface area (Å²) in [5.74, 6) is -0.176. The van der Waals surface area contributed by atoms with Crippen LogP contribution in [0.15, 0.2) is 40.9 Å². The zero-order valence-corrected chi connectivity index (χ0v) is 20.7. The van der Waals surface area contributed by atoms with Crippen LogP contribution in [-0.4, -0.2) is 98.7 Å². The molecule has 6 aliphatic heterocycles. The van der Waals surface area contributed by atoms with E-state index in [4.69, 9.17) is 19.2 Å². The molecule has 1 aromatic carbocycles. The summed E-state index contributed by atoms with van der Waals surface area (Å²) in [6.45, 7) is 2.89. The Bertz CT molecular complexity index is 1200. The number of nitrogens with zero attached hydrogens (tertiary/aromatic N) is 2. The van der Waals surface area contributed by atoms with Gasteiger partial charge in [-0.1, -0.05) is 24.3 Å². The molecule has 10 nitrogen and oxygen atoms in total. The molecule has 6 fully saturated rings. The molecule has 198 valence electrons. The van der Waals surface area contributed by atoms with Crippen LogP contribution in [0.1, 0.15) is 32.3 Å². The summed E-state index contributed by atoms with van der Waals surface area (Å²) < 4.78 is 18.3. The fraction of sp³-hybridized carbons (Fsp3) is 0.630. The van der Waals surface area contributed by atoms with Crippen LogP contribution in [0.5, 0.6) is 0 Å². The fourth-order valence-electron chi connectivity index (χ4n) is 8.32. The molecule has 1 spiro atoms. The SMILES string of the molecule is C/C=C1/[C@@H](O[C@@H]2O[C@H](CO)[C@@H](O)[C@H](O)[C@H]2O)N2[C@H]3C[C@@H]1[C@H]1[C@@H](OC(C)=O)[C@@]4(C[C@@H]12)C3=Nc1ccccc14. The highest BCUT2D eigenvalue weighted by Gasteiger charge is 2.75. The van der Waals surface area contributed by atoms with Crippen molar-refractivity contribution in [2.24, 2.45) is 16.8 Å². The van der Waals surface area contributed by atoms with Gasteiger partial charge in [-0.2, -0.15) is 0 Å².